The van der Waals surface area contributed by atoms with Gasteiger partial charge in [0, 0.05) is 67.7 Å². The van der Waals surface area contributed by atoms with Crippen LogP contribution >= 0.6 is 24.0 Å². The van der Waals surface area contributed by atoms with Crippen molar-refractivity contribution < 1.29 is 62.3 Å². The molecule has 2 aromatic carbocycles. The first-order valence-corrected chi connectivity index (χ1v) is 38.2. The summed E-state index contributed by atoms with van der Waals surface area (Å²) < 4.78 is 5.98. The average molecular weight is 1500 g/mol. The zero-order valence-electron chi connectivity index (χ0n) is 67.2. The van der Waals surface area contributed by atoms with Crippen molar-refractivity contribution in [2.24, 2.45) is 41.4 Å². The van der Waals surface area contributed by atoms with E-state index in [9.17, 15) is 43.2 Å². The zero-order chi connectivity index (χ0) is 80.2. The van der Waals surface area contributed by atoms with Crippen molar-refractivity contribution in [3.05, 3.63) is 78.4 Å². The van der Waals surface area contributed by atoms with Crippen LogP contribution < -0.4 is 26.6 Å². The highest BCUT2D eigenvalue weighted by Crippen LogP contribution is 2.28. The molecule has 12 atom stereocenters. The summed E-state index contributed by atoms with van der Waals surface area (Å²) in [6.07, 6.45) is 3.32. The molecule has 2 rings (SSSR count). The van der Waals surface area contributed by atoms with Gasteiger partial charge in [0.05, 0.1) is 12.6 Å². The Hall–Kier alpha value is -7.94. The number of benzene rings is 2. The Morgan fingerprint density at radius 2 is 0.952 bits per heavy atom. The summed E-state index contributed by atoms with van der Waals surface area (Å²) in [4.78, 5) is 183. The first-order chi connectivity index (χ1) is 48.9. The number of hydrogen-bond donors (Lipinski definition) is 5. The molecule has 0 aliphatic carbocycles. The number of amides is 10. The van der Waals surface area contributed by atoms with Crippen LogP contribution in [0.3, 0.4) is 0 Å². The molecule has 10 amide bonds. The number of thioether (sulfide) groups is 1. The van der Waals surface area contributed by atoms with Crippen molar-refractivity contribution in [2.45, 2.75) is 235 Å². The number of ether oxygens (including phenoxy) is 1. The molecule has 0 heterocycles. The van der Waals surface area contributed by atoms with E-state index in [1.165, 1.54) is 80.8 Å². The third-order valence-electron chi connectivity index (χ3n) is 18.5. The van der Waals surface area contributed by atoms with Gasteiger partial charge in [0.15, 0.2) is 5.11 Å². The lowest BCUT2D eigenvalue weighted by Crippen LogP contribution is -2.64. The van der Waals surface area contributed by atoms with E-state index in [1.54, 1.807) is 68.4 Å². The van der Waals surface area contributed by atoms with Gasteiger partial charge >= 0.3 is 5.97 Å². The third kappa shape index (κ3) is 29.0. The van der Waals surface area contributed by atoms with Crippen LogP contribution in [0.4, 0.5) is 5.69 Å². The molecule has 0 aliphatic rings. The molecule has 0 saturated carbocycles. The van der Waals surface area contributed by atoms with Crippen molar-refractivity contribution in [3.63, 3.8) is 0 Å². The van der Waals surface area contributed by atoms with Crippen LogP contribution in [0.2, 0.25) is 0 Å². The number of thiocarbonyl (C=S) groups is 1. The molecule has 5 N–H and O–H groups in total. The predicted octanol–water partition coefficient (Wildman–Crippen LogP) is 8.16. The van der Waals surface area contributed by atoms with Crippen molar-refractivity contribution >= 4 is 105 Å². The van der Waals surface area contributed by atoms with Crippen LogP contribution in [-0.2, 0) is 68.0 Å². The van der Waals surface area contributed by atoms with E-state index in [2.05, 4.69) is 26.6 Å². The zero-order valence-corrected chi connectivity index (χ0v) is 68.9. The van der Waals surface area contributed by atoms with Gasteiger partial charge in [-0.25, -0.2) is 0 Å². The maximum Gasteiger partial charge on any atom is 0.303 e. The highest BCUT2D eigenvalue weighted by Gasteiger charge is 2.47. The molecule has 105 heavy (non-hydrogen) atoms. The van der Waals surface area contributed by atoms with Gasteiger partial charge in [-0.1, -0.05) is 169 Å². The van der Waals surface area contributed by atoms with E-state index < -0.39 is 156 Å². The molecule has 2 aromatic rings. The Labute approximate surface area is 635 Å². The van der Waals surface area contributed by atoms with Gasteiger partial charge < -0.3 is 65.6 Å². The van der Waals surface area contributed by atoms with Crippen LogP contribution in [0, 0.1) is 41.4 Å². The molecule has 25 nitrogen and oxygen atoms in total. The van der Waals surface area contributed by atoms with E-state index >= 15 is 14.4 Å². The van der Waals surface area contributed by atoms with E-state index in [0.717, 1.165) is 27.1 Å². The molecule has 0 fully saturated rings. The molecule has 0 saturated heterocycles. The number of esters is 1. The predicted molar refractivity (Wildman–Crippen MR) is 418 cm³/mol. The Balaban J connectivity index is 2.56. The highest BCUT2D eigenvalue weighted by molar-refractivity contribution is 8.13. The van der Waals surface area contributed by atoms with Gasteiger partial charge in [0.1, 0.15) is 60.5 Å². The lowest BCUT2D eigenvalue weighted by Gasteiger charge is -2.42. The van der Waals surface area contributed by atoms with Crippen LogP contribution in [0.1, 0.15) is 169 Å². The number of carbonyl (C=O) groups is 12. The number of carbonyl (C=O) groups excluding carboxylic acids is 12. The molecule has 0 unspecified atom stereocenters. The van der Waals surface area contributed by atoms with E-state index in [-0.39, 0.29) is 72.4 Å². The average Bonchev–Trinajstić information content (AvgIpc) is 0.796. The van der Waals surface area contributed by atoms with Crippen molar-refractivity contribution in [2.75, 3.05) is 61.2 Å². The van der Waals surface area contributed by atoms with Gasteiger partial charge in [0.25, 0.3) is 0 Å². The molecule has 27 heteroatoms. The lowest BCUT2D eigenvalue weighted by atomic mass is 9.91. The largest absolute Gasteiger partial charge is 0.459 e. The number of hydrogen-bond acceptors (Lipinski definition) is 15. The van der Waals surface area contributed by atoms with Crippen LogP contribution in [-0.4, -0.2) is 232 Å². The molecular weight excluding hydrogens is 1380 g/mol. The summed E-state index contributed by atoms with van der Waals surface area (Å²) in [5, 5.41) is 14.5. The summed E-state index contributed by atoms with van der Waals surface area (Å²) in [6, 6.07) is 7.15. The minimum absolute atomic E-state index is 0.0225. The fourth-order valence-corrected chi connectivity index (χ4v) is 13.5. The van der Waals surface area contributed by atoms with Gasteiger partial charge in [-0.05, 0) is 131 Å². The number of likely N-dealkylation sites (N-methyl/N-ethyl adjacent to an activating group) is 7. The second-order valence-electron chi connectivity index (χ2n) is 30.2. The molecule has 0 radical (unpaired) electrons. The van der Waals surface area contributed by atoms with Crippen LogP contribution in [0.15, 0.2) is 72.8 Å². The lowest BCUT2D eigenvalue weighted by molar-refractivity contribution is -0.164. The Kier molecular flexibility index (Phi) is 39.8. The fraction of sp³-hybridized carbons (Fsp3) is 0.654. The van der Waals surface area contributed by atoms with E-state index in [0.29, 0.717) is 11.4 Å². The second kappa shape index (κ2) is 44.9. The quantitative estimate of drug-likeness (QED) is 0.0238. The van der Waals surface area contributed by atoms with Gasteiger partial charge in [-0.2, -0.15) is 0 Å². The molecule has 0 spiro atoms. The molecule has 0 aliphatic heterocycles. The molecule has 588 valence electrons. The van der Waals surface area contributed by atoms with Crippen molar-refractivity contribution in [1.82, 2.24) is 55.6 Å². The second-order valence-corrected chi connectivity index (χ2v) is 31.6. The number of nitrogens with one attached hydrogen (secondary N) is 5. The minimum Gasteiger partial charge on any atom is -0.459 e. The summed E-state index contributed by atoms with van der Waals surface area (Å²) >= 11 is 6.60. The monoisotopic (exact) mass is 1500 g/mol. The van der Waals surface area contributed by atoms with Gasteiger partial charge in [-0.3, -0.25) is 57.5 Å². The Bertz CT molecular complexity index is 3250. The third-order valence-corrected chi connectivity index (χ3v) is 19.9. The number of para-hydroxylation sites is 1. The normalized spacial score (nSPS) is 15.0. The number of rotatable bonds is 41. The number of nitrogens with zero attached hydrogens (tertiary/aromatic N) is 7. The summed E-state index contributed by atoms with van der Waals surface area (Å²) in [5.74, 6) is -8.82. The summed E-state index contributed by atoms with van der Waals surface area (Å²) in [5.41, 5.74) is 1.66. The SMILES string of the molecule is C/C=C/C[C@@H](C)[C@@H](OC(C)=O)[C@@H](C(=O)N[C@@H](CC)C(=O)N(C)CC(=O)N(C)[C@@H](CC(C)C)C(=O)N[C@H](C(=O)N(C)[C@@H](CC(C)C)C(=O)N[C@@H](C)C(=O)SCc1ccccc1)C(C)C)N(C)C(=O)[C@H](C(C)C)N(C)C(=O)[C@H](CC(C)C)N(C)C(=O)[C@H](CC(C)C)N(C)C(=O)[C@@H](C)NC(=S)Nc1ccccc1. The van der Waals surface area contributed by atoms with E-state index in [1.807, 2.05) is 122 Å². The van der Waals surface area contributed by atoms with Crippen LogP contribution in [0.25, 0.3) is 0 Å². The first-order valence-electron chi connectivity index (χ1n) is 36.8. The standard InChI is InChI=1S/C78H126N12O13S2/c1-26-28-35-52(15)67(103-55(18)91)66(90(25)76(101)65(51(13)14)89(24)74(99)62(43-49(9)10)88(23)73(98)61(42-48(7)8)87(22)71(96)53(16)80-78(104)81-57-38-33-30-34-39-57)70(95)82-58(27-2)72(97)84(19)44-63(92)85(20)59(40-46(3)4)69(94)83-64(50(11)12)75(100)86(21)60(41-47(5)6)68(93)79-54(17)77(102)105-45-56-36-31-29-32-37-56/h26,28-34,36-39,46-54,58-62,64-67H,27,35,40-45H2,1-25H3,(H,79,93)(H,82,95)(H,83,94)(H2,80,81,104)/b28-26+/t52-,53-,54+,58+,59+,60+,61+,62+,64+,65+,66+,67-/m1/s1. The molecule has 0 aromatic heterocycles. The van der Waals surface area contributed by atoms with Gasteiger partial charge in [0.2, 0.25) is 64.2 Å². The molecule has 0 bridgehead atoms. The number of allylic oxidation sites excluding steroid dienone is 2. The topological polar surface area (TPSA) is 297 Å². The Morgan fingerprint density at radius 3 is 1.43 bits per heavy atom. The van der Waals surface area contributed by atoms with Crippen molar-refractivity contribution in [3.8, 4) is 0 Å². The van der Waals surface area contributed by atoms with Gasteiger partial charge in [-0.15, -0.1) is 0 Å². The Morgan fingerprint density at radius 1 is 0.495 bits per heavy atom. The minimum atomic E-state index is -1.63. The van der Waals surface area contributed by atoms with Crippen molar-refractivity contribution in [1.29, 1.82) is 0 Å². The number of anilines is 1. The summed E-state index contributed by atoms with van der Waals surface area (Å²) in [6.45, 7) is 31.1. The maximum absolute atomic E-state index is 15.5. The maximum atomic E-state index is 15.5. The fourth-order valence-electron chi connectivity index (χ4n) is 12.4. The van der Waals surface area contributed by atoms with Crippen LogP contribution in [0.5, 0.6) is 0 Å². The first kappa shape index (κ1) is 93.1. The molecular formula is C78H126N12O13S2. The van der Waals surface area contributed by atoms with E-state index in [4.69, 9.17) is 17.0 Å². The summed E-state index contributed by atoms with van der Waals surface area (Å²) in [7, 11) is 10.1. The highest BCUT2D eigenvalue weighted by atomic mass is 32.2. The smallest absolute Gasteiger partial charge is 0.303 e.